The molecule has 0 heterocycles. The van der Waals surface area contributed by atoms with E-state index < -0.39 is 21.0 Å². The summed E-state index contributed by atoms with van der Waals surface area (Å²) in [6, 6.07) is -0.211. The first-order valence-electron chi connectivity index (χ1n) is 4.39. The largest absolute Gasteiger partial charge is 0.396 e. The van der Waals surface area contributed by atoms with Gasteiger partial charge < -0.3 is 10.4 Å². The maximum Gasteiger partial charge on any atom is 0.238 e. The first-order chi connectivity index (χ1) is 6.29. The second-order valence-corrected chi connectivity index (χ2v) is 5.76. The smallest absolute Gasteiger partial charge is 0.238 e. The monoisotopic (exact) mass is 223 g/mol. The van der Waals surface area contributed by atoms with Crippen LogP contribution in [0.3, 0.4) is 0 Å². The molecule has 5 nitrogen and oxygen atoms in total. The second kappa shape index (κ2) is 5.31. The van der Waals surface area contributed by atoms with Crippen LogP contribution in [-0.4, -0.2) is 43.6 Å². The quantitative estimate of drug-likeness (QED) is 0.646. The topological polar surface area (TPSA) is 83.5 Å². The summed E-state index contributed by atoms with van der Waals surface area (Å²) < 4.78 is 22.0. The van der Waals surface area contributed by atoms with Crippen molar-refractivity contribution in [2.24, 2.45) is 0 Å². The van der Waals surface area contributed by atoms with Crippen LogP contribution in [0.15, 0.2) is 0 Å². The van der Waals surface area contributed by atoms with E-state index in [1.165, 1.54) is 6.92 Å². The third-order valence-corrected chi connectivity index (χ3v) is 3.46. The summed E-state index contributed by atoms with van der Waals surface area (Å²) in [5, 5.41) is 10.0. The molecule has 0 aromatic rings. The van der Waals surface area contributed by atoms with Gasteiger partial charge in [-0.25, -0.2) is 8.42 Å². The van der Waals surface area contributed by atoms with E-state index in [2.05, 4.69) is 5.32 Å². The van der Waals surface area contributed by atoms with Crippen molar-refractivity contribution >= 4 is 15.7 Å². The van der Waals surface area contributed by atoms with E-state index in [1.54, 1.807) is 6.92 Å². The van der Waals surface area contributed by atoms with Crippen LogP contribution in [0.5, 0.6) is 0 Å². The predicted molar refractivity (Wildman–Crippen MR) is 53.6 cm³/mol. The van der Waals surface area contributed by atoms with E-state index in [1.807, 2.05) is 0 Å². The van der Waals surface area contributed by atoms with Gasteiger partial charge in [-0.1, -0.05) is 0 Å². The Morgan fingerprint density at radius 2 is 1.93 bits per heavy atom. The number of rotatable bonds is 5. The number of carbonyl (C=O) groups is 1. The fraction of sp³-hybridized carbons (Fsp3) is 0.875. The standard InChI is InChI=1S/C8H17NO4S/c1-6(4-5-10)9-8(11)7(2)14(3,12)13/h6-7,10H,4-5H2,1-3H3,(H,9,11). The van der Waals surface area contributed by atoms with Crippen LogP contribution in [0, 0.1) is 0 Å². The van der Waals surface area contributed by atoms with E-state index in [9.17, 15) is 13.2 Å². The molecule has 0 aromatic carbocycles. The zero-order valence-corrected chi connectivity index (χ0v) is 9.47. The van der Waals surface area contributed by atoms with Crippen LogP contribution in [0.1, 0.15) is 20.3 Å². The average Bonchev–Trinajstić information content (AvgIpc) is 2.01. The van der Waals surface area contributed by atoms with E-state index in [4.69, 9.17) is 5.11 Å². The summed E-state index contributed by atoms with van der Waals surface area (Å²) in [7, 11) is -3.34. The zero-order valence-electron chi connectivity index (χ0n) is 8.65. The molecule has 2 atom stereocenters. The molecular formula is C8H17NO4S. The van der Waals surface area contributed by atoms with Crippen LogP contribution >= 0.6 is 0 Å². The molecule has 0 aliphatic rings. The van der Waals surface area contributed by atoms with Crippen LogP contribution < -0.4 is 5.32 Å². The first-order valence-corrected chi connectivity index (χ1v) is 6.34. The van der Waals surface area contributed by atoms with Crippen molar-refractivity contribution in [3.8, 4) is 0 Å². The Labute approximate surface area is 84.4 Å². The molecule has 6 heteroatoms. The highest BCUT2D eigenvalue weighted by molar-refractivity contribution is 7.92. The fourth-order valence-electron chi connectivity index (χ4n) is 0.820. The van der Waals surface area contributed by atoms with Crippen molar-refractivity contribution in [2.75, 3.05) is 12.9 Å². The predicted octanol–water partition coefficient (Wildman–Crippen LogP) is -0.693. The molecule has 0 aliphatic heterocycles. The molecule has 2 unspecified atom stereocenters. The molecule has 0 aliphatic carbocycles. The van der Waals surface area contributed by atoms with Gasteiger partial charge in [-0.05, 0) is 20.3 Å². The SMILES string of the molecule is CC(CCO)NC(=O)C(C)S(C)(=O)=O. The molecule has 0 aromatic heterocycles. The Bertz CT molecular complexity index is 286. The summed E-state index contributed by atoms with van der Waals surface area (Å²) in [5.41, 5.74) is 0. The highest BCUT2D eigenvalue weighted by atomic mass is 32.2. The lowest BCUT2D eigenvalue weighted by Gasteiger charge is -2.15. The Morgan fingerprint density at radius 1 is 1.43 bits per heavy atom. The molecule has 84 valence electrons. The minimum atomic E-state index is -3.34. The number of carbonyl (C=O) groups excluding carboxylic acids is 1. The molecule has 0 rings (SSSR count). The molecule has 0 saturated carbocycles. The summed E-state index contributed by atoms with van der Waals surface area (Å²) >= 11 is 0. The molecule has 0 bridgehead atoms. The number of sulfone groups is 1. The van der Waals surface area contributed by atoms with Crippen LogP contribution in [0.4, 0.5) is 0 Å². The van der Waals surface area contributed by atoms with Crippen molar-refractivity contribution < 1.29 is 18.3 Å². The third-order valence-electron chi connectivity index (χ3n) is 1.96. The van der Waals surface area contributed by atoms with Gasteiger partial charge in [0.2, 0.25) is 5.91 Å². The van der Waals surface area contributed by atoms with Gasteiger partial charge >= 0.3 is 0 Å². The molecule has 2 N–H and O–H groups in total. The lowest BCUT2D eigenvalue weighted by atomic mass is 10.2. The van der Waals surface area contributed by atoms with E-state index in [0.717, 1.165) is 6.26 Å². The lowest BCUT2D eigenvalue weighted by Crippen LogP contribution is -2.42. The Balaban J connectivity index is 4.22. The van der Waals surface area contributed by atoms with Crippen molar-refractivity contribution in [3.63, 3.8) is 0 Å². The van der Waals surface area contributed by atoms with Gasteiger partial charge in [-0.2, -0.15) is 0 Å². The fourth-order valence-corrected chi connectivity index (χ4v) is 1.28. The normalized spacial score (nSPS) is 16.0. The van der Waals surface area contributed by atoms with E-state index in [0.29, 0.717) is 6.42 Å². The molecule has 0 saturated heterocycles. The molecular weight excluding hydrogens is 206 g/mol. The van der Waals surface area contributed by atoms with Crippen LogP contribution in [0.25, 0.3) is 0 Å². The van der Waals surface area contributed by atoms with Crippen LogP contribution in [-0.2, 0) is 14.6 Å². The number of amides is 1. The zero-order chi connectivity index (χ0) is 11.4. The van der Waals surface area contributed by atoms with E-state index in [-0.39, 0.29) is 12.6 Å². The molecule has 0 fully saturated rings. The summed E-state index contributed by atoms with van der Waals surface area (Å²) in [6.07, 6.45) is 1.44. The minimum absolute atomic E-state index is 0.0330. The highest BCUT2D eigenvalue weighted by Gasteiger charge is 2.24. The van der Waals surface area contributed by atoms with Gasteiger partial charge in [0.1, 0.15) is 5.25 Å². The van der Waals surface area contributed by atoms with Gasteiger partial charge in [-0.15, -0.1) is 0 Å². The Morgan fingerprint density at radius 3 is 2.29 bits per heavy atom. The van der Waals surface area contributed by atoms with Gasteiger partial charge in [0.05, 0.1) is 0 Å². The Kier molecular flexibility index (Phi) is 5.07. The maximum atomic E-state index is 11.3. The van der Waals surface area contributed by atoms with Crippen molar-refractivity contribution in [2.45, 2.75) is 31.6 Å². The summed E-state index contributed by atoms with van der Waals surface area (Å²) in [5.74, 6) is -0.520. The van der Waals surface area contributed by atoms with Crippen molar-refractivity contribution in [3.05, 3.63) is 0 Å². The number of aliphatic hydroxyl groups excluding tert-OH is 1. The number of hydrogen-bond donors (Lipinski definition) is 2. The van der Waals surface area contributed by atoms with Gasteiger partial charge in [-0.3, -0.25) is 4.79 Å². The lowest BCUT2D eigenvalue weighted by molar-refractivity contribution is -0.121. The second-order valence-electron chi connectivity index (χ2n) is 3.39. The number of aliphatic hydroxyl groups is 1. The third kappa shape index (κ3) is 4.57. The average molecular weight is 223 g/mol. The van der Waals surface area contributed by atoms with Gasteiger partial charge in [0, 0.05) is 18.9 Å². The van der Waals surface area contributed by atoms with E-state index >= 15 is 0 Å². The molecule has 1 amide bonds. The summed E-state index contributed by atoms with van der Waals surface area (Å²) in [4.78, 5) is 11.3. The highest BCUT2D eigenvalue weighted by Crippen LogP contribution is 1.99. The first kappa shape index (κ1) is 13.4. The molecule has 0 spiro atoms. The van der Waals surface area contributed by atoms with Gasteiger partial charge in [0.25, 0.3) is 0 Å². The van der Waals surface area contributed by atoms with Crippen LogP contribution in [0.2, 0.25) is 0 Å². The maximum absolute atomic E-state index is 11.3. The summed E-state index contributed by atoms with van der Waals surface area (Å²) in [6.45, 7) is 3.02. The Hall–Kier alpha value is -0.620. The van der Waals surface area contributed by atoms with Gasteiger partial charge in [0.15, 0.2) is 9.84 Å². The number of hydrogen-bond acceptors (Lipinski definition) is 4. The van der Waals surface area contributed by atoms with Crippen molar-refractivity contribution in [1.29, 1.82) is 0 Å². The molecule has 14 heavy (non-hydrogen) atoms. The van der Waals surface area contributed by atoms with Crippen molar-refractivity contribution in [1.82, 2.24) is 5.32 Å². The number of nitrogens with one attached hydrogen (secondary N) is 1. The minimum Gasteiger partial charge on any atom is -0.396 e. The molecule has 0 radical (unpaired) electrons.